The monoisotopic (exact) mass is 383 g/mol. The second-order valence-corrected chi connectivity index (χ2v) is 8.03. The second-order valence-electron chi connectivity index (χ2n) is 8.03. The van der Waals surface area contributed by atoms with Crippen molar-refractivity contribution in [1.29, 1.82) is 0 Å². The summed E-state index contributed by atoms with van der Waals surface area (Å²) in [6, 6.07) is 8.44. The van der Waals surface area contributed by atoms with E-state index in [9.17, 15) is 9.90 Å². The van der Waals surface area contributed by atoms with Crippen molar-refractivity contribution in [2.45, 2.75) is 32.2 Å². The summed E-state index contributed by atoms with van der Waals surface area (Å²) < 4.78 is 1.58. The molecule has 1 amide bonds. The van der Waals surface area contributed by atoms with Crippen molar-refractivity contribution in [3.63, 3.8) is 0 Å². The number of likely N-dealkylation sites (tertiary alicyclic amines) is 1. The zero-order chi connectivity index (χ0) is 19.7. The molecule has 0 saturated carbocycles. The third-order valence-electron chi connectivity index (χ3n) is 5.84. The lowest BCUT2D eigenvalue weighted by molar-refractivity contribution is 0.0764. The molecule has 1 atom stereocenters. The van der Waals surface area contributed by atoms with Crippen molar-refractivity contribution in [1.82, 2.24) is 24.9 Å². The van der Waals surface area contributed by atoms with Gasteiger partial charge in [-0.05, 0) is 30.0 Å². The van der Waals surface area contributed by atoms with Crippen LogP contribution in [0.25, 0.3) is 5.69 Å². The van der Waals surface area contributed by atoms with Gasteiger partial charge in [0.1, 0.15) is 0 Å². The number of hydrogen-bond donors (Lipinski definition) is 2. The number of hydrogen-bond acceptors (Lipinski definition) is 5. The first-order valence-electron chi connectivity index (χ1n) is 10.2. The van der Waals surface area contributed by atoms with Gasteiger partial charge in [-0.25, -0.2) is 4.68 Å². The molecule has 150 valence electrons. The molecule has 2 aliphatic heterocycles. The number of nitrogens with one attached hydrogen (secondary N) is 1. The Kier molecular flexibility index (Phi) is 5.37. The highest BCUT2D eigenvalue weighted by molar-refractivity contribution is 5.95. The summed E-state index contributed by atoms with van der Waals surface area (Å²) in [6.45, 7) is 9.77. The van der Waals surface area contributed by atoms with Gasteiger partial charge in [0.05, 0.1) is 11.9 Å². The fourth-order valence-corrected chi connectivity index (χ4v) is 4.08. The van der Waals surface area contributed by atoms with E-state index >= 15 is 0 Å². The first kappa shape index (κ1) is 19.0. The number of amides is 1. The third kappa shape index (κ3) is 3.77. The van der Waals surface area contributed by atoms with E-state index in [0.29, 0.717) is 25.0 Å². The Morgan fingerprint density at radius 1 is 1.18 bits per heavy atom. The van der Waals surface area contributed by atoms with Crippen LogP contribution in [0.3, 0.4) is 0 Å². The van der Waals surface area contributed by atoms with Crippen LogP contribution in [-0.4, -0.2) is 75.9 Å². The van der Waals surface area contributed by atoms with Crippen LogP contribution in [0.1, 0.15) is 42.2 Å². The Bertz CT molecular complexity index is 824. The van der Waals surface area contributed by atoms with Crippen LogP contribution in [0.5, 0.6) is 5.75 Å². The number of carbonyl (C=O) groups excluding carboxylic acids is 1. The van der Waals surface area contributed by atoms with E-state index in [0.717, 1.165) is 38.3 Å². The molecule has 1 aromatic carbocycles. The number of benzene rings is 1. The van der Waals surface area contributed by atoms with Crippen LogP contribution in [0, 0.1) is 0 Å². The molecule has 2 saturated heterocycles. The molecule has 2 fully saturated rings. The summed E-state index contributed by atoms with van der Waals surface area (Å²) in [7, 11) is 0. The van der Waals surface area contributed by atoms with Crippen LogP contribution in [0.15, 0.2) is 30.5 Å². The van der Waals surface area contributed by atoms with E-state index in [1.54, 1.807) is 4.68 Å². The minimum atomic E-state index is -0.187. The van der Waals surface area contributed by atoms with Gasteiger partial charge in [0, 0.05) is 45.3 Å². The fourth-order valence-electron chi connectivity index (χ4n) is 4.08. The van der Waals surface area contributed by atoms with Crippen LogP contribution in [0.2, 0.25) is 0 Å². The Morgan fingerprint density at radius 2 is 1.89 bits per heavy atom. The van der Waals surface area contributed by atoms with E-state index in [2.05, 4.69) is 41.3 Å². The Morgan fingerprint density at radius 3 is 2.57 bits per heavy atom. The standard InChI is InChI=1S/C21H29N5O2/c1-15(2)16-3-5-17(6-4-16)26-14-19(27)20(23-26)21(28)25-10-7-18(13-25)24-11-8-22-9-12-24/h3-6,14-15,18,22,27H,7-13H2,1-2H3. The zero-order valence-electron chi connectivity index (χ0n) is 16.6. The number of rotatable bonds is 4. The van der Waals surface area contributed by atoms with E-state index in [4.69, 9.17) is 0 Å². The lowest BCUT2D eigenvalue weighted by Gasteiger charge is -2.32. The maximum Gasteiger partial charge on any atom is 0.278 e. The highest BCUT2D eigenvalue weighted by Gasteiger charge is 2.33. The van der Waals surface area contributed by atoms with Crippen LogP contribution in [-0.2, 0) is 0 Å². The minimum absolute atomic E-state index is 0.0661. The Hall–Kier alpha value is -2.38. The van der Waals surface area contributed by atoms with Crippen molar-refractivity contribution < 1.29 is 9.90 Å². The first-order chi connectivity index (χ1) is 13.5. The van der Waals surface area contributed by atoms with Gasteiger partial charge in [-0.1, -0.05) is 26.0 Å². The topological polar surface area (TPSA) is 73.6 Å². The summed E-state index contributed by atoms with van der Waals surface area (Å²) in [5.74, 6) is 0.201. The predicted molar refractivity (Wildman–Crippen MR) is 108 cm³/mol. The number of piperazine rings is 1. The van der Waals surface area contributed by atoms with Crippen LogP contribution >= 0.6 is 0 Å². The van der Waals surface area contributed by atoms with Crippen molar-refractivity contribution in [3.8, 4) is 11.4 Å². The molecule has 2 N–H and O–H groups in total. The number of aromatic nitrogens is 2. The largest absolute Gasteiger partial charge is 0.504 e. The number of aromatic hydroxyl groups is 1. The molecule has 7 heteroatoms. The molecule has 28 heavy (non-hydrogen) atoms. The van der Waals surface area contributed by atoms with Crippen molar-refractivity contribution in [2.24, 2.45) is 0 Å². The van der Waals surface area contributed by atoms with E-state index < -0.39 is 0 Å². The molecule has 0 aliphatic carbocycles. The van der Waals surface area contributed by atoms with Crippen LogP contribution in [0.4, 0.5) is 0 Å². The van der Waals surface area contributed by atoms with E-state index in [1.807, 2.05) is 17.0 Å². The summed E-state index contributed by atoms with van der Waals surface area (Å²) >= 11 is 0. The van der Waals surface area contributed by atoms with Gasteiger partial charge in [0.25, 0.3) is 5.91 Å². The van der Waals surface area contributed by atoms with Gasteiger partial charge in [-0.15, -0.1) is 0 Å². The average molecular weight is 383 g/mol. The number of carbonyl (C=O) groups is 1. The molecule has 2 aromatic rings. The molecule has 7 nitrogen and oxygen atoms in total. The van der Waals surface area contributed by atoms with Gasteiger partial charge in [0.2, 0.25) is 0 Å². The summed E-state index contributed by atoms with van der Waals surface area (Å²) in [6.07, 6.45) is 2.49. The molecule has 0 radical (unpaired) electrons. The lowest BCUT2D eigenvalue weighted by Crippen LogP contribution is -2.49. The normalized spacial score (nSPS) is 20.8. The minimum Gasteiger partial charge on any atom is -0.504 e. The molecular formula is C21H29N5O2. The SMILES string of the molecule is CC(C)c1ccc(-n2cc(O)c(C(=O)N3CCC(N4CCNCC4)C3)n2)cc1. The predicted octanol–water partition coefficient (Wildman–Crippen LogP) is 1.82. The zero-order valence-corrected chi connectivity index (χ0v) is 16.6. The maximum atomic E-state index is 12.9. The van der Waals surface area contributed by atoms with Gasteiger partial charge in [-0.2, -0.15) is 5.10 Å². The Labute approximate surface area is 165 Å². The molecule has 0 spiro atoms. The smallest absolute Gasteiger partial charge is 0.278 e. The van der Waals surface area contributed by atoms with Crippen molar-refractivity contribution in [2.75, 3.05) is 39.3 Å². The third-order valence-corrected chi connectivity index (χ3v) is 5.84. The van der Waals surface area contributed by atoms with Gasteiger partial charge in [-0.3, -0.25) is 9.69 Å². The van der Waals surface area contributed by atoms with Gasteiger partial charge < -0.3 is 15.3 Å². The molecule has 2 aliphatic rings. The lowest BCUT2D eigenvalue weighted by atomic mass is 10.0. The highest BCUT2D eigenvalue weighted by atomic mass is 16.3. The average Bonchev–Trinajstić information content (AvgIpc) is 3.35. The van der Waals surface area contributed by atoms with Crippen LogP contribution < -0.4 is 5.32 Å². The number of nitrogens with zero attached hydrogens (tertiary/aromatic N) is 4. The first-order valence-corrected chi connectivity index (χ1v) is 10.2. The summed E-state index contributed by atoms with van der Waals surface area (Å²) in [5.41, 5.74) is 2.21. The summed E-state index contributed by atoms with van der Waals surface area (Å²) in [5, 5.41) is 18.1. The van der Waals surface area contributed by atoms with Gasteiger partial charge in [0.15, 0.2) is 11.4 Å². The van der Waals surface area contributed by atoms with E-state index in [-0.39, 0.29) is 17.4 Å². The molecule has 1 aromatic heterocycles. The molecular weight excluding hydrogens is 354 g/mol. The fraction of sp³-hybridized carbons (Fsp3) is 0.524. The molecule has 1 unspecified atom stereocenters. The Balaban J connectivity index is 1.46. The van der Waals surface area contributed by atoms with Crippen molar-refractivity contribution in [3.05, 3.63) is 41.7 Å². The highest BCUT2D eigenvalue weighted by Crippen LogP contribution is 2.24. The van der Waals surface area contributed by atoms with Crippen molar-refractivity contribution >= 4 is 5.91 Å². The second kappa shape index (κ2) is 7.93. The molecule has 0 bridgehead atoms. The quantitative estimate of drug-likeness (QED) is 0.843. The molecule has 4 rings (SSSR count). The van der Waals surface area contributed by atoms with Gasteiger partial charge >= 0.3 is 0 Å². The molecule has 3 heterocycles. The van der Waals surface area contributed by atoms with E-state index in [1.165, 1.54) is 11.8 Å². The summed E-state index contributed by atoms with van der Waals surface area (Å²) in [4.78, 5) is 17.2. The maximum absolute atomic E-state index is 12.9.